The zero-order valence-corrected chi connectivity index (χ0v) is 12.9. The molecule has 0 bridgehead atoms. The van der Waals surface area contributed by atoms with Gasteiger partial charge in [-0.25, -0.2) is 0 Å². The average molecular weight is 277 g/mol. The third-order valence-corrected chi connectivity index (χ3v) is 4.34. The lowest BCUT2D eigenvalue weighted by atomic mass is 9.88. The van der Waals surface area contributed by atoms with Crippen molar-refractivity contribution in [3.8, 4) is 0 Å². The van der Waals surface area contributed by atoms with E-state index in [1.54, 1.807) is 0 Å². The van der Waals surface area contributed by atoms with Crippen molar-refractivity contribution in [3.63, 3.8) is 0 Å². The second-order valence-corrected chi connectivity index (χ2v) is 6.11. The molecule has 2 saturated heterocycles. The number of ether oxygens (including phenoxy) is 1. The van der Waals surface area contributed by atoms with Crippen molar-refractivity contribution >= 4 is 12.4 Å². The van der Waals surface area contributed by atoms with Gasteiger partial charge in [0.05, 0.1) is 6.61 Å². The molecular formula is C14H29ClN2O. The van der Waals surface area contributed by atoms with Crippen LogP contribution < -0.4 is 5.32 Å². The van der Waals surface area contributed by atoms with Gasteiger partial charge in [0, 0.05) is 6.54 Å². The predicted molar refractivity (Wildman–Crippen MR) is 78.2 cm³/mol. The van der Waals surface area contributed by atoms with Gasteiger partial charge in [-0.2, -0.15) is 0 Å². The number of rotatable bonds is 3. The lowest BCUT2D eigenvalue weighted by molar-refractivity contribution is -0.116. The van der Waals surface area contributed by atoms with E-state index in [1.807, 2.05) is 0 Å². The largest absolute Gasteiger partial charge is 0.361 e. The third kappa shape index (κ3) is 4.37. The number of nitrogens with zero attached hydrogens (tertiary/aromatic N) is 1. The fourth-order valence-corrected chi connectivity index (χ4v) is 3.02. The van der Waals surface area contributed by atoms with Crippen molar-refractivity contribution in [2.45, 2.75) is 45.8 Å². The molecule has 0 amide bonds. The Balaban J connectivity index is 0.00000162. The van der Waals surface area contributed by atoms with E-state index in [1.165, 1.54) is 38.9 Å². The number of hydrogen-bond acceptors (Lipinski definition) is 3. The summed E-state index contributed by atoms with van der Waals surface area (Å²) in [5.74, 6) is 1.49. The number of likely N-dealkylation sites (tertiary alicyclic amines) is 1. The Hall–Kier alpha value is 0.170. The second-order valence-electron chi connectivity index (χ2n) is 6.11. The van der Waals surface area contributed by atoms with E-state index in [0.717, 1.165) is 19.1 Å². The van der Waals surface area contributed by atoms with E-state index >= 15 is 0 Å². The molecule has 18 heavy (non-hydrogen) atoms. The van der Waals surface area contributed by atoms with Gasteiger partial charge in [0.15, 0.2) is 0 Å². The topological polar surface area (TPSA) is 24.5 Å². The van der Waals surface area contributed by atoms with Gasteiger partial charge < -0.3 is 9.64 Å². The molecular weight excluding hydrogens is 248 g/mol. The van der Waals surface area contributed by atoms with Crippen LogP contribution in [0.15, 0.2) is 0 Å². The monoisotopic (exact) mass is 276 g/mol. The predicted octanol–water partition coefficient (Wildman–Crippen LogP) is 2.50. The molecule has 1 N–H and O–H groups in total. The summed E-state index contributed by atoms with van der Waals surface area (Å²) in [7, 11) is 0. The second kappa shape index (κ2) is 7.09. The van der Waals surface area contributed by atoms with Crippen molar-refractivity contribution in [1.29, 1.82) is 0 Å². The molecule has 0 aromatic heterocycles. The zero-order chi connectivity index (χ0) is 12.3. The van der Waals surface area contributed by atoms with Crippen LogP contribution in [0.25, 0.3) is 0 Å². The van der Waals surface area contributed by atoms with E-state index in [0.29, 0.717) is 5.92 Å². The lowest BCUT2D eigenvalue weighted by Crippen LogP contribution is -2.53. The average Bonchev–Trinajstić information content (AvgIpc) is 2.34. The van der Waals surface area contributed by atoms with E-state index in [9.17, 15) is 0 Å². The molecule has 3 nitrogen and oxygen atoms in total. The molecule has 0 saturated carbocycles. The molecule has 0 aromatic rings. The van der Waals surface area contributed by atoms with Crippen molar-refractivity contribution in [3.05, 3.63) is 0 Å². The Bertz CT molecular complexity index is 234. The maximum atomic E-state index is 6.01. The highest BCUT2D eigenvalue weighted by atomic mass is 35.5. The van der Waals surface area contributed by atoms with Crippen LogP contribution in [0.1, 0.15) is 40.0 Å². The maximum Gasteiger partial charge on any atom is 0.116 e. The zero-order valence-electron chi connectivity index (χ0n) is 12.1. The maximum absolute atomic E-state index is 6.01. The Kier molecular flexibility index (Phi) is 6.39. The summed E-state index contributed by atoms with van der Waals surface area (Å²) in [6.07, 6.45) is 3.85. The molecule has 2 atom stereocenters. The molecule has 108 valence electrons. The molecule has 2 fully saturated rings. The summed E-state index contributed by atoms with van der Waals surface area (Å²) in [6, 6.07) is 0. The van der Waals surface area contributed by atoms with E-state index in [2.05, 4.69) is 31.0 Å². The van der Waals surface area contributed by atoms with Crippen LogP contribution in [0, 0.1) is 11.8 Å². The fourth-order valence-electron chi connectivity index (χ4n) is 3.02. The molecule has 0 aliphatic carbocycles. The van der Waals surface area contributed by atoms with Gasteiger partial charge in [-0.05, 0) is 57.7 Å². The standard InChI is InChI=1S/C14H28N2O.ClH/c1-4-16-7-5-13(6-8-16)9-14(3)15-10-12(2)11-17-14;/h12-13,15H,4-11H2,1-3H3;1H. The van der Waals surface area contributed by atoms with Crippen molar-refractivity contribution in [2.24, 2.45) is 11.8 Å². The molecule has 0 aromatic carbocycles. The van der Waals surface area contributed by atoms with Gasteiger partial charge >= 0.3 is 0 Å². The SMILES string of the molecule is CCN1CCC(CC2(C)NCC(C)CO2)CC1.Cl. The highest BCUT2D eigenvalue weighted by molar-refractivity contribution is 5.85. The summed E-state index contributed by atoms with van der Waals surface area (Å²) < 4.78 is 6.01. The van der Waals surface area contributed by atoms with Crippen LogP contribution in [0.5, 0.6) is 0 Å². The van der Waals surface area contributed by atoms with E-state index in [4.69, 9.17) is 4.74 Å². The Morgan fingerprint density at radius 2 is 2.00 bits per heavy atom. The van der Waals surface area contributed by atoms with Crippen molar-refractivity contribution < 1.29 is 4.74 Å². The Labute approximate surface area is 118 Å². The number of hydrogen-bond donors (Lipinski definition) is 1. The number of nitrogens with one attached hydrogen (secondary N) is 1. The minimum atomic E-state index is -0.0639. The number of piperidine rings is 1. The summed E-state index contributed by atoms with van der Waals surface area (Å²) >= 11 is 0. The lowest BCUT2D eigenvalue weighted by Gasteiger charge is -2.41. The molecule has 2 heterocycles. The first-order chi connectivity index (χ1) is 8.11. The van der Waals surface area contributed by atoms with Crippen LogP contribution in [-0.2, 0) is 4.74 Å². The van der Waals surface area contributed by atoms with Crippen LogP contribution >= 0.6 is 12.4 Å². The van der Waals surface area contributed by atoms with Crippen molar-refractivity contribution in [1.82, 2.24) is 10.2 Å². The Morgan fingerprint density at radius 3 is 2.50 bits per heavy atom. The van der Waals surface area contributed by atoms with Crippen LogP contribution in [0.2, 0.25) is 0 Å². The smallest absolute Gasteiger partial charge is 0.116 e. The summed E-state index contributed by atoms with van der Waals surface area (Å²) in [6.45, 7) is 12.5. The van der Waals surface area contributed by atoms with E-state index < -0.39 is 0 Å². The molecule has 4 heteroatoms. The molecule has 2 aliphatic heterocycles. The molecule has 2 unspecified atom stereocenters. The van der Waals surface area contributed by atoms with Crippen molar-refractivity contribution in [2.75, 3.05) is 32.8 Å². The first-order valence-electron chi connectivity index (χ1n) is 7.22. The number of halogens is 1. The van der Waals surface area contributed by atoms with Crippen LogP contribution in [0.4, 0.5) is 0 Å². The van der Waals surface area contributed by atoms with Gasteiger partial charge in [-0.3, -0.25) is 5.32 Å². The van der Waals surface area contributed by atoms with E-state index in [-0.39, 0.29) is 18.1 Å². The Morgan fingerprint density at radius 1 is 1.33 bits per heavy atom. The van der Waals surface area contributed by atoms with Gasteiger partial charge in [-0.1, -0.05) is 13.8 Å². The van der Waals surface area contributed by atoms with Gasteiger partial charge in [0.2, 0.25) is 0 Å². The summed E-state index contributed by atoms with van der Waals surface area (Å²) in [5.41, 5.74) is -0.0639. The highest BCUT2D eigenvalue weighted by Gasteiger charge is 2.33. The first kappa shape index (κ1) is 16.2. The van der Waals surface area contributed by atoms with Gasteiger partial charge in [-0.15, -0.1) is 12.4 Å². The molecule has 0 spiro atoms. The minimum absolute atomic E-state index is 0. The molecule has 0 radical (unpaired) electrons. The summed E-state index contributed by atoms with van der Waals surface area (Å²) in [4.78, 5) is 2.55. The molecule has 2 rings (SSSR count). The summed E-state index contributed by atoms with van der Waals surface area (Å²) in [5, 5.41) is 3.58. The van der Waals surface area contributed by atoms with Gasteiger partial charge in [0.25, 0.3) is 0 Å². The highest BCUT2D eigenvalue weighted by Crippen LogP contribution is 2.29. The fraction of sp³-hybridized carbons (Fsp3) is 1.00. The quantitative estimate of drug-likeness (QED) is 0.857. The van der Waals surface area contributed by atoms with Gasteiger partial charge in [0.1, 0.15) is 5.72 Å². The van der Waals surface area contributed by atoms with Crippen LogP contribution in [-0.4, -0.2) is 43.4 Å². The third-order valence-electron chi connectivity index (χ3n) is 4.34. The van der Waals surface area contributed by atoms with Crippen LogP contribution in [0.3, 0.4) is 0 Å². The first-order valence-corrected chi connectivity index (χ1v) is 7.22. The minimum Gasteiger partial charge on any atom is -0.361 e. The molecule has 2 aliphatic rings. The normalized spacial score (nSPS) is 35.2.